The first-order valence-corrected chi connectivity index (χ1v) is 6.31. The van der Waals surface area contributed by atoms with Gasteiger partial charge in [-0.1, -0.05) is 6.07 Å². The Labute approximate surface area is 126 Å². The lowest BCUT2D eigenvalue weighted by Crippen LogP contribution is -2.29. The second kappa shape index (κ2) is 6.66. The van der Waals surface area contributed by atoms with Crippen LogP contribution >= 0.6 is 0 Å². The third kappa shape index (κ3) is 3.03. The van der Waals surface area contributed by atoms with Gasteiger partial charge in [0.25, 0.3) is 5.56 Å². The molecule has 0 spiro atoms. The Morgan fingerprint density at radius 3 is 2.14 bits per heavy atom. The van der Waals surface area contributed by atoms with Crippen molar-refractivity contribution in [3.8, 4) is 17.2 Å². The highest BCUT2D eigenvalue weighted by molar-refractivity contribution is 5.91. The number of ether oxygens (including phenoxy) is 3. The van der Waals surface area contributed by atoms with Crippen LogP contribution in [0.5, 0.6) is 17.2 Å². The van der Waals surface area contributed by atoms with Gasteiger partial charge in [-0.15, -0.1) is 4.73 Å². The molecule has 2 aromatic rings. The number of pyridine rings is 1. The van der Waals surface area contributed by atoms with Crippen molar-refractivity contribution in [3.63, 3.8) is 0 Å². The Kier molecular flexibility index (Phi) is 4.67. The van der Waals surface area contributed by atoms with Gasteiger partial charge in [0.05, 0.1) is 26.9 Å². The fraction of sp³-hybridized carbons (Fsp3) is 0.200. The predicted molar refractivity (Wildman–Crippen MR) is 77.7 cm³/mol. The molecule has 0 aliphatic carbocycles. The van der Waals surface area contributed by atoms with E-state index in [9.17, 15) is 9.59 Å². The predicted octanol–water partition coefficient (Wildman–Crippen LogP) is 1.14. The van der Waals surface area contributed by atoms with Gasteiger partial charge in [-0.05, 0) is 18.2 Å². The van der Waals surface area contributed by atoms with Crippen LogP contribution in [0.25, 0.3) is 0 Å². The molecule has 0 unspecified atom stereocenters. The maximum absolute atomic E-state index is 12.2. The minimum absolute atomic E-state index is 0.158. The van der Waals surface area contributed by atoms with Crippen molar-refractivity contribution in [2.75, 3.05) is 21.3 Å². The molecule has 1 aromatic heterocycles. The number of benzene rings is 1. The van der Waals surface area contributed by atoms with Gasteiger partial charge in [0, 0.05) is 12.3 Å². The molecule has 0 N–H and O–H groups in total. The Morgan fingerprint density at radius 1 is 1.00 bits per heavy atom. The van der Waals surface area contributed by atoms with E-state index >= 15 is 0 Å². The molecule has 0 aliphatic rings. The molecule has 0 saturated heterocycles. The lowest BCUT2D eigenvalue weighted by molar-refractivity contribution is 0.0442. The van der Waals surface area contributed by atoms with Crippen LogP contribution in [0.2, 0.25) is 0 Å². The number of methoxy groups -OCH3 is 3. The maximum atomic E-state index is 12.2. The van der Waals surface area contributed by atoms with Crippen molar-refractivity contribution in [2.45, 2.75) is 0 Å². The van der Waals surface area contributed by atoms with Gasteiger partial charge in [0.2, 0.25) is 5.75 Å². The monoisotopic (exact) mass is 305 g/mol. The van der Waals surface area contributed by atoms with E-state index in [1.54, 1.807) is 12.1 Å². The molecule has 2 rings (SSSR count). The number of carbonyl (C=O) groups excluding carboxylic acids is 1. The summed E-state index contributed by atoms with van der Waals surface area (Å²) in [5, 5.41) is 0. The topological polar surface area (TPSA) is 76.0 Å². The first-order valence-electron chi connectivity index (χ1n) is 6.31. The number of rotatable bonds is 5. The molecule has 0 fully saturated rings. The van der Waals surface area contributed by atoms with Gasteiger partial charge in [0.15, 0.2) is 11.5 Å². The Bertz CT molecular complexity index is 712. The van der Waals surface area contributed by atoms with Crippen molar-refractivity contribution in [2.24, 2.45) is 0 Å². The highest BCUT2D eigenvalue weighted by Gasteiger charge is 2.18. The summed E-state index contributed by atoms with van der Waals surface area (Å²) in [5.41, 5.74) is -0.298. The summed E-state index contributed by atoms with van der Waals surface area (Å²) in [6, 6.07) is 7.29. The summed E-state index contributed by atoms with van der Waals surface area (Å²) in [7, 11) is 4.34. The second-order valence-electron chi connectivity index (χ2n) is 4.16. The summed E-state index contributed by atoms with van der Waals surface area (Å²) in [6.07, 6.45) is 1.35. The molecule has 0 aliphatic heterocycles. The van der Waals surface area contributed by atoms with E-state index in [2.05, 4.69) is 0 Å². The van der Waals surface area contributed by atoms with Crippen molar-refractivity contribution in [1.82, 2.24) is 4.73 Å². The Balaban J connectivity index is 2.38. The van der Waals surface area contributed by atoms with E-state index in [1.807, 2.05) is 0 Å². The second-order valence-corrected chi connectivity index (χ2v) is 4.16. The zero-order chi connectivity index (χ0) is 16.1. The standard InChI is InChI=1S/C15H15NO6/c1-19-11-8-10(9-12(20-2)14(11)21-3)15(18)22-16-7-5-4-6-13(16)17/h4-9H,1-3H3. The molecule has 0 radical (unpaired) electrons. The number of hydrogen-bond donors (Lipinski definition) is 0. The Hall–Kier alpha value is -2.96. The van der Waals surface area contributed by atoms with Crippen LogP contribution in [0, 0.1) is 0 Å². The van der Waals surface area contributed by atoms with E-state index in [4.69, 9.17) is 19.0 Å². The average Bonchev–Trinajstić information content (AvgIpc) is 2.55. The number of aromatic nitrogens is 1. The molecule has 22 heavy (non-hydrogen) atoms. The quantitative estimate of drug-likeness (QED) is 0.824. The summed E-state index contributed by atoms with van der Waals surface area (Å²) >= 11 is 0. The summed E-state index contributed by atoms with van der Waals surface area (Å²) < 4.78 is 16.3. The average molecular weight is 305 g/mol. The van der Waals surface area contributed by atoms with Crippen LogP contribution < -0.4 is 24.6 Å². The highest BCUT2D eigenvalue weighted by atomic mass is 16.7. The zero-order valence-corrected chi connectivity index (χ0v) is 12.4. The lowest BCUT2D eigenvalue weighted by atomic mass is 10.2. The van der Waals surface area contributed by atoms with E-state index in [1.165, 1.54) is 45.7 Å². The number of nitrogens with zero attached hydrogens (tertiary/aromatic N) is 1. The number of hydrogen-bond acceptors (Lipinski definition) is 6. The van der Waals surface area contributed by atoms with E-state index < -0.39 is 11.5 Å². The zero-order valence-electron chi connectivity index (χ0n) is 12.4. The Morgan fingerprint density at radius 2 is 1.64 bits per heavy atom. The van der Waals surface area contributed by atoms with Crippen LogP contribution in [0.3, 0.4) is 0 Å². The highest BCUT2D eigenvalue weighted by Crippen LogP contribution is 2.38. The smallest absolute Gasteiger partial charge is 0.364 e. The van der Waals surface area contributed by atoms with Crippen LogP contribution in [0.15, 0.2) is 41.3 Å². The molecule has 116 valence electrons. The van der Waals surface area contributed by atoms with E-state index in [0.717, 1.165) is 4.73 Å². The molecular formula is C15H15NO6. The van der Waals surface area contributed by atoms with Gasteiger partial charge in [-0.3, -0.25) is 4.79 Å². The van der Waals surface area contributed by atoms with Crippen LogP contribution in [-0.4, -0.2) is 32.0 Å². The minimum atomic E-state index is -0.729. The molecule has 7 heteroatoms. The molecule has 0 saturated carbocycles. The largest absolute Gasteiger partial charge is 0.493 e. The van der Waals surface area contributed by atoms with Gasteiger partial charge in [0.1, 0.15) is 0 Å². The van der Waals surface area contributed by atoms with E-state index in [-0.39, 0.29) is 5.56 Å². The van der Waals surface area contributed by atoms with Crippen molar-refractivity contribution < 1.29 is 23.8 Å². The minimum Gasteiger partial charge on any atom is -0.493 e. The molecule has 0 atom stereocenters. The summed E-state index contributed by atoms with van der Waals surface area (Å²) in [5.74, 6) is 0.259. The fourth-order valence-corrected chi connectivity index (χ4v) is 1.83. The molecule has 0 amide bonds. The van der Waals surface area contributed by atoms with Crippen molar-refractivity contribution in [1.29, 1.82) is 0 Å². The molecular weight excluding hydrogens is 290 g/mol. The lowest BCUT2D eigenvalue weighted by Gasteiger charge is -2.13. The summed E-state index contributed by atoms with van der Waals surface area (Å²) in [4.78, 5) is 28.7. The SMILES string of the molecule is COc1cc(C(=O)On2ccccc2=O)cc(OC)c1OC. The van der Waals surface area contributed by atoms with Gasteiger partial charge < -0.3 is 19.0 Å². The van der Waals surface area contributed by atoms with Crippen molar-refractivity contribution in [3.05, 3.63) is 52.4 Å². The van der Waals surface area contributed by atoms with Crippen molar-refractivity contribution >= 4 is 5.97 Å². The van der Waals surface area contributed by atoms with Crippen LogP contribution in [-0.2, 0) is 0 Å². The van der Waals surface area contributed by atoms with Gasteiger partial charge in [-0.25, -0.2) is 4.79 Å². The molecule has 1 heterocycles. The normalized spacial score (nSPS) is 9.95. The summed E-state index contributed by atoms with van der Waals surface area (Å²) in [6.45, 7) is 0. The molecule has 7 nitrogen and oxygen atoms in total. The van der Waals surface area contributed by atoms with Gasteiger partial charge >= 0.3 is 5.97 Å². The third-order valence-electron chi connectivity index (χ3n) is 2.87. The van der Waals surface area contributed by atoms with Crippen LogP contribution in [0.1, 0.15) is 10.4 Å². The first-order chi connectivity index (χ1) is 10.6. The third-order valence-corrected chi connectivity index (χ3v) is 2.87. The molecule has 0 bridgehead atoms. The number of carbonyl (C=O) groups is 1. The van der Waals surface area contributed by atoms with E-state index in [0.29, 0.717) is 17.2 Å². The van der Waals surface area contributed by atoms with Crippen LogP contribution in [0.4, 0.5) is 0 Å². The van der Waals surface area contributed by atoms with Gasteiger partial charge in [-0.2, -0.15) is 0 Å². The first kappa shape index (κ1) is 15.4. The fourth-order valence-electron chi connectivity index (χ4n) is 1.83. The molecule has 1 aromatic carbocycles. The maximum Gasteiger partial charge on any atom is 0.364 e.